The number of fused-ring (bicyclic) bond motifs is 1. The molecule has 1 fully saturated rings. The number of methoxy groups -OCH3 is 1. The molecule has 1 aliphatic rings. The van der Waals surface area contributed by atoms with E-state index in [0.29, 0.717) is 11.5 Å². The van der Waals surface area contributed by atoms with Crippen LogP contribution in [0, 0.1) is 0 Å². The van der Waals surface area contributed by atoms with Crippen LogP contribution < -0.4 is 10.1 Å². The summed E-state index contributed by atoms with van der Waals surface area (Å²) in [5, 5.41) is 11.8. The molecule has 0 unspecified atom stereocenters. The number of benzene rings is 1. The second-order valence-electron chi connectivity index (χ2n) is 7.29. The number of hydrogen-bond acceptors (Lipinski definition) is 5. The number of likely N-dealkylation sites (tertiary alicyclic amines) is 1. The lowest BCUT2D eigenvalue weighted by Crippen LogP contribution is -2.40. The van der Waals surface area contributed by atoms with Gasteiger partial charge in [0.15, 0.2) is 0 Å². The van der Waals surface area contributed by atoms with Crippen molar-refractivity contribution in [2.75, 3.05) is 32.6 Å². The van der Waals surface area contributed by atoms with E-state index >= 15 is 0 Å². The van der Waals surface area contributed by atoms with Gasteiger partial charge in [0, 0.05) is 24.3 Å². The minimum absolute atomic E-state index is 0.0292. The first-order valence-corrected chi connectivity index (χ1v) is 9.41. The lowest BCUT2D eigenvalue weighted by molar-refractivity contribution is -0.137. The zero-order valence-electron chi connectivity index (χ0n) is 16.2. The summed E-state index contributed by atoms with van der Waals surface area (Å²) in [6.45, 7) is 1.93. The zero-order chi connectivity index (χ0) is 20.6. The molecule has 3 aromatic rings. The molecule has 29 heavy (non-hydrogen) atoms. The molecule has 154 valence electrons. The van der Waals surface area contributed by atoms with E-state index in [1.165, 1.54) is 19.2 Å². The molecule has 0 spiro atoms. The molecule has 1 atom stereocenters. The minimum Gasteiger partial charge on any atom is -0.497 e. The number of ether oxygens (including phenoxy) is 1. The first-order chi connectivity index (χ1) is 13.9. The van der Waals surface area contributed by atoms with E-state index in [1.807, 2.05) is 0 Å². The number of nitrogens with zero attached hydrogens (tertiary/aromatic N) is 4. The van der Waals surface area contributed by atoms with Gasteiger partial charge in [-0.05, 0) is 56.8 Å². The van der Waals surface area contributed by atoms with Gasteiger partial charge in [0.2, 0.25) is 5.95 Å². The van der Waals surface area contributed by atoms with E-state index in [1.54, 1.807) is 22.7 Å². The van der Waals surface area contributed by atoms with Crippen molar-refractivity contribution < 1.29 is 17.9 Å². The molecule has 2 aromatic heterocycles. The third-order valence-corrected chi connectivity index (χ3v) is 5.21. The fraction of sp³-hybridized carbons (Fsp3) is 0.400. The number of hydrogen-bond donors (Lipinski definition) is 1. The number of aromatic nitrogens is 3. The number of alkyl halides is 3. The maximum atomic E-state index is 13.7. The van der Waals surface area contributed by atoms with E-state index in [4.69, 9.17) is 4.74 Å². The van der Waals surface area contributed by atoms with Crippen LogP contribution in [0.1, 0.15) is 18.4 Å². The van der Waals surface area contributed by atoms with Crippen molar-refractivity contribution in [2.24, 2.45) is 0 Å². The third kappa shape index (κ3) is 3.87. The molecule has 0 radical (unpaired) electrons. The fourth-order valence-electron chi connectivity index (χ4n) is 3.80. The van der Waals surface area contributed by atoms with Crippen molar-refractivity contribution >= 4 is 11.5 Å². The van der Waals surface area contributed by atoms with Gasteiger partial charge in [0.1, 0.15) is 11.4 Å². The Morgan fingerprint density at radius 3 is 2.76 bits per heavy atom. The molecule has 9 heteroatoms. The van der Waals surface area contributed by atoms with Gasteiger partial charge in [-0.25, -0.2) is 0 Å². The molecule has 1 aliphatic heterocycles. The molecule has 0 aliphatic carbocycles. The molecule has 1 aromatic carbocycles. The van der Waals surface area contributed by atoms with Crippen LogP contribution in [0.15, 0.2) is 36.5 Å². The van der Waals surface area contributed by atoms with Crippen LogP contribution in [0.4, 0.5) is 19.1 Å². The number of rotatable bonds is 4. The van der Waals surface area contributed by atoms with E-state index in [-0.39, 0.29) is 23.0 Å². The van der Waals surface area contributed by atoms with Gasteiger partial charge in [-0.15, -0.1) is 10.2 Å². The highest BCUT2D eigenvalue weighted by Crippen LogP contribution is 2.39. The predicted octanol–water partition coefficient (Wildman–Crippen LogP) is 3.93. The van der Waals surface area contributed by atoms with Crippen LogP contribution in [0.25, 0.3) is 16.8 Å². The van der Waals surface area contributed by atoms with Gasteiger partial charge in [0.05, 0.1) is 18.2 Å². The van der Waals surface area contributed by atoms with Gasteiger partial charge in [-0.2, -0.15) is 13.2 Å². The van der Waals surface area contributed by atoms with Crippen molar-refractivity contribution in [1.29, 1.82) is 0 Å². The van der Waals surface area contributed by atoms with Gasteiger partial charge in [0.25, 0.3) is 0 Å². The first-order valence-electron chi connectivity index (χ1n) is 9.41. The summed E-state index contributed by atoms with van der Waals surface area (Å²) >= 11 is 0. The smallest absolute Gasteiger partial charge is 0.417 e. The average molecular weight is 405 g/mol. The molecule has 3 heterocycles. The van der Waals surface area contributed by atoms with E-state index in [2.05, 4.69) is 27.5 Å². The fourth-order valence-corrected chi connectivity index (χ4v) is 3.80. The van der Waals surface area contributed by atoms with E-state index in [9.17, 15) is 13.2 Å². The predicted molar refractivity (Wildman–Crippen MR) is 104 cm³/mol. The van der Waals surface area contributed by atoms with Crippen molar-refractivity contribution in [3.8, 4) is 17.0 Å². The number of anilines is 1. The van der Waals surface area contributed by atoms with E-state index in [0.717, 1.165) is 32.0 Å². The molecular weight excluding hydrogens is 383 g/mol. The largest absolute Gasteiger partial charge is 0.497 e. The number of likely N-dealkylation sites (N-methyl/N-ethyl adjacent to an activating group) is 1. The Hall–Kier alpha value is -2.81. The van der Waals surface area contributed by atoms with Gasteiger partial charge in [-0.1, -0.05) is 0 Å². The Kier molecular flexibility index (Phi) is 5.08. The maximum Gasteiger partial charge on any atom is 0.417 e. The van der Waals surface area contributed by atoms with Gasteiger partial charge >= 0.3 is 6.18 Å². The summed E-state index contributed by atoms with van der Waals surface area (Å²) in [5.41, 5.74) is -0.0964. The van der Waals surface area contributed by atoms with Gasteiger partial charge < -0.3 is 15.0 Å². The Bertz CT molecular complexity index is 1020. The highest BCUT2D eigenvalue weighted by Gasteiger charge is 2.35. The van der Waals surface area contributed by atoms with Gasteiger partial charge in [-0.3, -0.25) is 4.40 Å². The Morgan fingerprint density at radius 1 is 1.21 bits per heavy atom. The van der Waals surface area contributed by atoms with E-state index < -0.39 is 11.7 Å². The molecule has 1 saturated heterocycles. The molecular formula is C20H22F3N5O. The lowest BCUT2D eigenvalue weighted by Gasteiger charge is -2.30. The quantitative estimate of drug-likeness (QED) is 0.713. The van der Waals surface area contributed by atoms with Crippen LogP contribution in [0.3, 0.4) is 0 Å². The van der Waals surface area contributed by atoms with Crippen molar-refractivity contribution in [2.45, 2.75) is 25.1 Å². The summed E-state index contributed by atoms with van der Waals surface area (Å²) in [6.07, 6.45) is -0.680. The third-order valence-electron chi connectivity index (χ3n) is 5.21. The van der Waals surface area contributed by atoms with Crippen molar-refractivity contribution in [3.05, 3.63) is 42.1 Å². The van der Waals surface area contributed by atoms with Crippen LogP contribution in [-0.2, 0) is 6.18 Å². The second-order valence-corrected chi connectivity index (χ2v) is 7.29. The van der Waals surface area contributed by atoms with Crippen LogP contribution in [-0.4, -0.2) is 52.8 Å². The molecule has 0 saturated carbocycles. The van der Waals surface area contributed by atoms with Crippen molar-refractivity contribution in [1.82, 2.24) is 19.5 Å². The normalized spacial score (nSPS) is 18.2. The van der Waals surface area contributed by atoms with Crippen molar-refractivity contribution in [3.63, 3.8) is 0 Å². The number of halogens is 3. The summed E-state index contributed by atoms with van der Waals surface area (Å²) < 4.78 is 47.7. The summed E-state index contributed by atoms with van der Waals surface area (Å²) in [6, 6.07) is 7.59. The zero-order valence-corrected chi connectivity index (χ0v) is 16.2. The van der Waals surface area contributed by atoms with Crippen LogP contribution >= 0.6 is 0 Å². The van der Waals surface area contributed by atoms with Crippen LogP contribution in [0.5, 0.6) is 5.75 Å². The second kappa shape index (κ2) is 7.55. The lowest BCUT2D eigenvalue weighted by atomic mass is 10.0. The molecule has 6 nitrogen and oxygen atoms in total. The molecule has 4 rings (SSSR count). The molecule has 1 N–H and O–H groups in total. The molecule has 0 amide bonds. The summed E-state index contributed by atoms with van der Waals surface area (Å²) in [7, 11) is 3.40. The topological polar surface area (TPSA) is 54.7 Å². The number of nitrogens with one attached hydrogen (secondary N) is 1. The molecule has 0 bridgehead atoms. The summed E-state index contributed by atoms with van der Waals surface area (Å²) in [4.78, 5) is 2.24. The monoisotopic (exact) mass is 405 g/mol. The Balaban J connectivity index is 1.76. The number of piperidine rings is 1. The SMILES string of the molecule is COc1ccc(-c2nnc(N[C@@H]3CCCN(C)C3)n3cccc23)c(C(F)(F)F)c1. The standard InChI is InChI=1S/C20H22F3N5O/c1-27-9-3-5-13(12-27)24-19-26-25-18(17-6-4-10-28(17)19)15-8-7-14(29-2)11-16(15)20(21,22)23/h4,6-8,10-11,13H,3,5,9,12H2,1-2H3,(H,24,26)/t13-/m1/s1. The Labute approximate surface area is 166 Å². The highest BCUT2D eigenvalue weighted by atomic mass is 19.4. The first kappa shape index (κ1) is 19.5. The highest BCUT2D eigenvalue weighted by molar-refractivity contribution is 5.80. The maximum absolute atomic E-state index is 13.7. The summed E-state index contributed by atoms with van der Waals surface area (Å²) in [5.74, 6) is 0.663. The van der Waals surface area contributed by atoms with Crippen LogP contribution in [0.2, 0.25) is 0 Å². The average Bonchev–Trinajstić information content (AvgIpc) is 3.17. The Morgan fingerprint density at radius 2 is 2.03 bits per heavy atom. The minimum atomic E-state index is -4.54.